The van der Waals surface area contributed by atoms with E-state index in [0.29, 0.717) is 0 Å². The molecule has 2 fully saturated rings. The zero-order valence-electron chi connectivity index (χ0n) is 14.3. The zero-order valence-corrected chi connectivity index (χ0v) is 15.1. The Morgan fingerprint density at radius 1 is 1.35 bits per heavy atom. The van der Waals surface area contributed by atoms with Gasteiger partial charge in [-0.1, -0.05) is 0 Å². The van der Waals surface area contributed by atoms with E-state index >= 15 is 0 Å². The Kier molecular flexibility index (Phi) is 4.23. The number of hydrogen-bond donors (Lipinski definition) is 1. The van der Waals surface area contributed by atoms with Crippen LogP contribution in [0.15, 0.2) is 11.4 Å². The number of carbonyl (C=O) groups is 2. The summed E-state index contributed by atoms with van der Waals surface area (Å²) in [5, 5.41) is 4.97. The van der Waals surface area contributed by atoms with Gasteiger partial charge in [0.05, 0.1) is 10.9 Å². The van der Waals surface area contributed by atoms with Crippen molar-refractivity contribution in [3.05, 3.63) is 21.9 Å². The predicted octanol–water partition coefficient (Wildman–Crippen LogP) is 1.73. The first-order valence-electron chi connectivity index (χ1n) is 8.15. The van der Waals surface area contributed by atoms with Gasteiger partial charge in [0, 0.05) is 31.1 Å². The van der Waals surface area contributed by atoms with E-state index < -0.39 is 0 Å². The van der Waals surface area contributed by atoms with Crippen molar-refractivity contribution in [1.29, 1.82) is 0 Å². The van der Waals surface area contributed by atoms with Crippen molar-refractivity contribution in [3.63, 3.8) is 0 Å². The second kappa shape index (κ2) is 5.91. The van der Waals surface area contributed by atoms with Gasteiger partial charge in [-0.2, -0.15) is 0 Å². The average Bonchev–Trinajstić information content (AvgIpc) is 2.99. The van der Waals surface area contributed by atoms with Gasteiger partial charge in [-0.25, -0.2) is 0 Å². The summed E-state index contributed by atoms with van der Waals surface area (Å²) in [6.07, 6.45) is 0.843. The molecule has 3 heterocycles. The smallest absolute Gasteiger partial charge is 0.264 e. The molecule has 1 atom stereocenters. The normalized spacial score (nSPS) is 23.3. The van der Waals surface area contributed by atoms with Crippen LogP contribution >= 0.6 is 11.3 Å². The number of likely N-dealkylation sites (tertiary alicyclic amines) is 2. The Morgan fingerprint density at radius 2 is 2.04 bits per heavy atom. The summed E-state index contributed by atoms with van der Waals surface area (Å²) in [6.45, 7) is 8.36. The van der Waals surface area contributed by atoms with E-state index in [1.165, 1.54) is 11.3 Å². The van der Waals surface area contributed by atoms with Gasteiger partial charge < -0.3 is 10.2 Å². The molecule has 3 rings (SSSR count). The fourth-order valence-electron chi connectivity index (χ4n) is 3.81. The van der Waals surface area contributed by atoms with Crippen LogP contribution in [0.25, 0.3) is 0 Å². The fraction of sp³-hybridized carbons (Fsp3) is 0.647. The van der Waals surface area contributed by atoms with Gasteiger partial charge in [-0.05, 0) is 51.2 Å². The molecule has 0 radical (unpaired) electrons. The monoisotopic (exact) mass is 335 g/mol. The van der Waals surface area contributed by atoms with Crippen LogP contribution in [0.2, 0.25) is 0 Å². The summed E-state index contributed by atoms with van der Waals surface area (Å²) in [5.41, 5.74) is 1.15. The molecule has 6 heteroatoms. The maximum atomic E-state index is 12.5. The highest BCUT2D eigenvalue weighted by atomic mass is 32.1. The van der Waals surface area contributed by atoms with E-state index in [1.807, 2.05) is 44.2 Å². The van der Waals surface area contributed by atoms with Crippen LogP contribution < -0.4 is 5.32 Å². The lowest BCUT2D eigenvalue weighted by molar-refractivity contribution is -0.125. The summed E-state index contributed by atoms with van der Waals surface area (Å²) in [5.74, 6) is 0.249. The Balaban J connectivity index is 1.61. The molecule has 0 bridgehead atoms. The molecule has 2 amide bonds. The van der Waals surface area contributed by atoms with Crippen molar-refractivity contribution in [1.82, 2.24) is 15.1 Å². The van der Waals surface area contributed by atoms with Gasteiger partial charge in [-0.15, -0.1) is 11.3 Å². The van der Waals surface area contributed by atoms with Crippen molar-refractivity contribution in [2.45, 2.75) is 39.3 Å². The van der Waals surface area contributed by atoms with E-state index in [9.17, 15) is 9.59 Å². The van der Waals surface area contributed by atoms with Crippen molar-refractivity contribution in [2.24, 2.45) is 5.41 Å². The molecule has 0 aromatic carbocycles. The molecule has 1 aromatic rings. The number of hydrogen-bond acceptors (Lipinski definition) is 4. The maximum absolute atomic E-state index is 12.5. The van der Waals surface area contributed by atoms with Crippen LogP contribution in [-0.4, -0.2) is 60.4 Å². The SMILES string of the molecule is Cc1ccsc1C(=O)N1CC2(CC(C(=O)NC(C)C)N(C)C2)C1. The molecule has 2 aliphatic rings. The van der Waals surface area contributed by atoms with Gasteiger partial charge >= 0.3 is 0 Å². The number of nitrogens with zero attached hydrogens (tertiary/aromatic N) is 2. The fourth-order valence-corrected chi connectivity index (χ4v) is 4.71. The molecule has 5 nitrogen and oxygen atoms in total. The molecule has 126 valence electrons. The third-order valence-corrected chi connectivity index (χ3v) is 5.88. The van der Waals surface area contributed by atoms with E-state index in [4.69, 9.17) is 0 Å². The summed E-state index contributed by atoms with van der Waals surface area (Å²) in [7, 11) is 2.01. The minimum Gasteiger partial charge on any atom is -0.353 e. The lowest BCUT2D eigenvalue weighted by atomic mass is 9.77. The van der Waals surface area contributed by atoms with Gasteiger partial charge in [0.1, 0.15) is 0 Å². The van der Waals surface area contributed by atoms with Crippen LogP contribution in [-0.2, 0) is 4.79 Å². The first kappa shape index (κ1) is 16.5. The van der Waals surface area contributed by atoms with Crippen molar-refractivity contribution in [3.8, 4) is 0 Å². The highest BCUT2D eigenvalue weighted by molar-refractivity contribution is 7.12. The third-order valence-electron chi connectivity index (χ3n) is 4.87. The third kappa shape index (κ3) is 3.02. The number of thiophene rings is 1. The van der Waals surface area contributed by atoms with E-state index in [-0.39, 0.29) is 29.3 Å². The zero-order chi connectivity index (χ0) is 16.8. The minimum absolute atomic E-state index is 0.0712. The van der Waals surface area contributed by atoms with Crippen LogP contribution in [0, 0.1) is 12.3 Å². The molecule has 1 N–H and O–H groups in total. The van der Waals surface area contributed by atoms with Gasteiger partial charge in [-0.3, -0.25) is 14.5 Å². The van der Waals surface area contributed by atoms with Crippen molar-refractivity contribution in [2.75, 3.05) is 26.7 Å². The molecule has 1 aromatic heterocycles. The van der Waals surface area contributed by atoms with Crippen LogP contribution in [0.3, 0.4) is 0 Å². The second-order valence-electron chi connectivity index (χ2n) is 7.39. The van der Waals surface area contributed by atoms with Gasteiger partial charge in [0.2, 0.25) is 5.91 Å². The number of nitrogens with one attached hydrogen (secondary N) is 1. The first-order valence-corrected chi connectivity index (χ1v) is 9.03. The lowest BCUT2D eigenvalue weighted by Crippen LogP contribution is -2.59. The summed E-state index contributed by atoms with van der Waals surface area (Å²) in [4.78, 5) is 29.8. The molecule has 0 aliphatic carbocycles. The van der Waals surface area contributed by atoms with Crippen LogP contribution in [0.1, 0.15) is 35.5 Å². The molecular weight excluding hydrogens is 310 g/mol. The number of likely N-dealkylation sites (N-methyl/N-ethyl adjacent to an activating group) is 1. The molecule has 2 saturated heterocycles. The Labute approximate surface area is 141 Å². The second-order valence-corrected chi connectivity index (χ2v) is 8.31. The first-order chi connectivity index (χ1) is 10.8. The van der Waals surface area contributed by atoms with Crippen LogP contribution in [0.5, 0.6) is 0 Å². The number of carbonyl (C=O) groups excluding carboxylic acids is 2. The topological polar surface area (TPSA) is 52.7 Å². The Morgan fingerprint density at radius 3 is 2.61 bits per heavy atom. The van der Waals surface area contributed by atoms with E-state index in [2.05, 4.69) is 10.2 Å². The summed E-state index contributed by atoms with van der Waals surface area (Å²) in [6, 6.07) is 2.08. The number of rotatable bonds is 3. The van der Waals surface area contributed by atoms with Gasteiger partial charge in [0.15, 0.2) is 0 Å². The largest absolute Gasteiger partial charge is 0.353 e. The van der Waals surface area contributed by atoms with Crippen LogP contribution in [0.4, 0.5) is 0 Å². The Bertz CT molecular complexity index is 619. The molecule has 1 unspecified atom stereocenters. The standard InChI is InChI=1S/C17H25N3O2S/c1-11(2)18-15(21)13-7-17(8-19(13)4)9-20(10-17)16(22)14-12(3)5-6-23-14/h5-6,11,13H,7-10H2,1-4H3,(H,18,21). The van der Waals surface area contributed by atoms with E-state index in [0.717, 1.165) is 36.5 Å². The van der Waals surface area contributed by atoms with Crippen molar-refractivity contribution >= 4 is 23.2 Å². The highest BCUT2D eigenvalue weighted by Gasteiger charge is 2.53. The molecule has 23 heavy (non-hydrogen) atoms. The highest BCUT2D eigenvalue weighted by Crippen LogP contribution is 2.43. The predicted molar refractivity (Wildman–Crippen MR) is 91.7 cm³/mol. The quantitative estimate of drug-likeness (QED) is 0.915. The van der Waals surface area contributed by atoms with Crippen molar-refractivity contribution < 1.29 is 9.59 Å². The average molecular weight is 335 g/mol. The Hall–Kier alpha value is -1.40. The summed E-state index contributed by atoms with van der Waals surface area (Å²) < 4.78 is 0. The minimum atomic E-state index is -0.0712. The van der Waals surface area contributed by atoms with Gasteiger partial charge in [0.25, 0.3) is 5.91 Å². The molecule has 0 saturated carbocycles. The number of aryl methyl sites for hydroxylation is 1. The lowest BCUT2D eigenvalue weighted by Gasteiger charge is -2.48. The number of amides is 2. The molecular formula is C17H25N3O2S. The van der Waals surface area contributed by atoms with E-state index in [1.54, 1.807) is 0 Å². The summed E-state index contributed by atoms with van der Waals surface area (Å²) >= 11 is 1.51. The molecule has 2 aliphatic heterocycles. The molecule has 1 spiro atoms. The maximum Gasteiger partial charge on any atom is 0.264 e.